The molecule has 142 valence electrons. The molecule has 0 bridgehead atoms. The van der Waals surface area contributed by atoms with E-state index in [1.165, 1.54) is 0 Å². The Morgan fingerprint density at radius 3 is 2.78 bits per heavy atom. The standard InChI is InChI=1S/C21H26N4O2/c1-14(2)11-18(21-24-17-9-6-10-22-20(17)25(21)3)23-19(26)13-15-7-5-8-16(12-15)27-4/h5-10,12,14,18H,11,13H2,1-4H3,(H,23,26)/t18-/m0/s1. The minimum atomic E-state index is -0.165. The van der Waals surface area contributed by atoms with Crippen LogP contribution in [-0.4, -0.2) is 27.6 Å². The summed E-state index contributed by atoms with van der Waals surface area (Å²) in [7, 11) is 3.57. The van der Waals surface area contributed by atoms with Crippen LogP contribution in [0.3, 0.4) is 0 Å². The molecule has 2 aromatic heterocycles. The fraction of sp³-hybridized carbons (Fsp3) is 0.381. The number of nitrogens with one attached hydrogen (secondary N) is 1. The number of aromatic nitrogens is 3. The number of ether oxygens (including phenoxy) is 1. The third-order valence-corrected chi connectivity index (χ3v) is 4.52. The molecule has 1 N–H and O–H groups in total. The summed E-state index contributed by atoms with van der Waals surface area (Å²) in [5.41, 5.74) is 2.58. The molecule has 3 rings (SSSR count). The Hall–Kier alpha value is -2.89. The van der Waals surface area contributed by atoms with E-state index in [1.807, 2.05) is 48.0 Å². The van der Waals surface area contributed by atoms with E-state index >= 15 is 0 Å². The lowest BCUT2D eigenvalue weighted by atomic mass is 10.0. The number of imidazole rings is 1. The summed E-state index contributed by atoms with van der Waals surface area (Å²) >= 11 is 0. The molecule has 0 saturated heterocycles. The number of rotatable bonds is 7. The second-order valence-corrected chi connectivity index (χ2v) is 7.15. The number of aryl methyl sites for hydroxylation is 1. The Labute approximate surface area is 159 Å². The summed E-state index contributed by atoms with van der Waals surface area (Å²) < 4.78 is 7.20. The third kappa shape index (κ3) is 4.45. The normalized spacial score (nSPS) is 12.3. The number of carbonyl (C=O) groups is 1. The van der Waals surface area contributed by atoms with Gasteiger partial charge in [0.2, 0.25) is 5.91 Å². The van der Waals surface area contributed by atoms with Gasteiger partial charge >= 0.3 is 0 Å². The Balaban J connectivity index is 1.81. The van der Waals surface area contributed by atoms with Crippen LogP contribution in [0.4, 0.5) is 0 Å². The van der Waals surface area contributed by atoms with Gasteiger partial charge in [0.25, 0.3) is 0 Å². The third-order valence-electron chi connectivity index (χ3n) is 4.52. The molecule has 0 aliphatic rings. The smallest absolute Gasteiger partial charge is 0.225 e. The second kappa shape index (κ2) is 8.20. The predicted molar refractivity (Wildman–Crippen MR) is 106 cm³/mol. The van der Waals surface area contributed by atoms with Gasteiger partial charge in [0, 0.05) is 13.2 Å². The molecular weight excluding hydrogens is 340 g/mol. The summed E-state index contributed by atoms with van der Waals surface area (Å²) in [6, 6.07) is 11.2. The van der Waals surface area contributed by atoms with E-state index in [0.717, 1.165) is 34.7 Å². The van der Waals surface area contributed by atoms with Crippen LogP contribution >= 0.6 is 0 Å². The Kier molecular flexibility index (Phi) is 5.74. The highest BCUT2D eigenvalue weighted by atomic mass is 16.5. The average molecular weight is 366 g/mol. The Bertz CT molecular complexity index is 933. The van der Waals surface area contributed by atoms with E-state index in [1.54, 1.807) is 13.3 Å². The quantitative estimate of drug-likeness (QED) is 0.696. The summed E-state index contributed by atoms with van der Waals surface area (Å²) in [6.07, 6.45) is 2.86. The molecule has 6 heteroatoms. The first kappa shape index (κ1) is 18.9. The number of benzene rings is 1. The molecule has 0 aliphatic heterocycles. The van der Waals surface area contributed by atoms with E-state index in [0.29, 0.717) is 12.3 Å². The lowest BCUT2D eigenvalue weighted by Gasteiger charge is -2.20. The van der Waals surface area contributed by atoms with Crippen molar-refractivity contribution in [2.75, 3.05) is 7.11 Å². The monoisotopic (exact) mass is 366 g/mol. The van der Waals surface area contributed by atoms with Gasteiger partial charge in [-0.2, -0.15) is 0 Å². The molecule has 1 amide bonds. The number of pyridine rings is 1. The highest BCUT2D eigenvalue weighted by Gasteiger charge is 2.22. The van der Waals surface area contributed by atoms with Gasteiger partial charge in [-0.15, -0.1) is 0 Å². The van der Waals surface area contributed by atoms with Gasteiger partial charge in [-0.1, -0.05) is 26.0 Å². The zero-order valence-corrected chi connectivity index (χ0v) is 16.3. The summed E-state index contributed by atoms with van der Waals surface area (Å²) in [5, 5.41) is 3.16. The van der Waals surface area contributed by atoms with Crippen molar-refractivity contribution in [3.05, 3.63) is 54.0 Å². The van der Waals surface area contributed by atoms with Gasteiger partial charge in [0.15, 0.2) is 5.65 Å². The summed E-state index contributed by atoms with van der Waals surface area (Å²) in [4.78, 5) is 21.8. The number of nitrogens with zero attached hydrogens (tertiary/aromatic N) is 3. The SMILES string of the molecule is COc1cccc(CC(=O)N[C@@H](CC(C)C)c2nc3cccnc3n2C)c1. The Morgan fingerprint density at radius 1 is 1.26 bits per heavy atom. The van der Waals surface area contributed by atoms with E-state index in [2.05, 4.69) is 24.1 Å². The van der Waals surface area contributed by atoms with Crippen LogP contribution in [0, 0.1) is 5.92 Å². The molecule has 0 fully saturated rings. The number of hydrogen-bond acceptors (Lipinski definition) is 4. The molecule has 0 unspecified atom stereocenters. The fourth-order valence-corrected chi connectivity index (χ4v) is 3.27. The Morgan fingerprint density at radius 2 is 2.07 bits per heavy atom. The molecule has 1 atom stereocenters. The van der Waals surface area contributed by atoms with Crippen LogP contribution in [0.1, 0.15) is 37.7 Å². The zero-order valence-electron chi connectivity index (χ0n) is 16.3. The number of fused-ring (bicyclic) bond motifs is 1. The highest BCUT2D eigenvalue weighted by molar-refractivity contribution is 5.79. The maximum atomic E-state index is 12.7. The molecule has 0 saturated carbocycles. The van der Waals surface area contributed by atoms with Gasteiger partial charge in [0.05, 0.1) is 19.6 Å². The van der Waals surface area contributed by atoms with Gasteiger partial charge in [-0.25, -0.2) is 9.97 Å². The molecule has 3 aromatic rings. The topological polar surface area (TPSA) is 69.0 Å². The highest BCUT2D eigenvalue weighted by Crippen LogP contribution is 2.24. The molecule has 0 radical (unpaired) electrons. The first-order valence-corrected chi connectivity index (χ1v) is 9.17. The molecule has 6 nitrogen and oxygen atoms in total. The van der Waals surface area contributed by atoms with E-state index in [-0.39, 0.29) is 11.9 Å². The van der Waals surface area contributed by atoms with Crippen LogP contribution in [-0.2, 0) is 18.3 Å². The number of hydrogen-bond donors (Lipinski definition) is 1. The summed E-state index contributed by atoms with van der Waals surface area (Å²) in [6.45, 7) is 4.28. The number of carbonyl (C=O) groups excluding carboxylic acids is 1. The van der Waals surface area contributed by atoms with E-state index in [9.17, 15) is 4.79 Å². The van der Waals surface area contributed by atoms with Crippen molar-refractivity contribution in [1.29, 1.82) is 0 Å². The van der Waals surface area contributed by atoms with Crippen LogP contribution in [0.2, 0.25) is 0 Å². The lowest BCUT2D eigenvalue weighted by Crippen LogP contribution is -2.32. The minimum Gasteiger partial charge on any atom is -0.497 e. The molecule has 0 spiro atoms. The predicted octanol–water partition coefficient (Wildman–Crippen LogP) is 3.42. The van der Waals surface area contributed by atoms with Crippen molar-refractivity contribution in [3.8, 4) is 5.75 Å². The van der Waals surface area contributed by atoms with Gasteiger partial charge in [-0.3, -0.25) is 4.79 Å². The van der Waals surface area contributed by atoms with Crippen molar-refractivity contribution < 1.29 is 9.53 Å². The fourth-order valence-electron chi connectivity index (χ4n) is 3.27. The van der Waals surface area contributed by atoms with E-state index < -0.39 is 0 Å². The average Bonchev–Trinajstić information content (AvgIpc) is 2.98. The van der Waals surface area contributed by atoms with Gasteiger partial charge in [0.1, 0.15) is 17.1 Å². The zero-order chi connectivity index (χ0) is 19.4. The van der Waals surface area contributed by atoms with E-state index in [4.69, 9.17) is 9.72 Å². The van der Waals surface area contributed by atoms with Crippen molar-refractivity contribution >= 4 is 17.1 Å². The molecule has 1 aromatic carbocycles. The molecular formula is C21H26N4O2. The van der Waals surface area contributed by atoms with Crippen molar-refractivity contribution in [2.45, 2.75) is 32.7 Å². The van der Waals surface area contributed by atoms with Crippen LogP contribution in [0.15, 0.2) is 42.6 Å². The maximum Gasteiger partial charge on any atom is 0.225 e. The minimum absolute atomic E-state index is 0.0334. The van der Waals surface area contributed by atoms with Crippen molar-refractivity contribution in [2.24, 2.45) is 13.0 Å². The maximum absolute atomic E-state index is 12.7. The van der Waals surface area contributed by atoms with Gasteiger partial charge in [-0.05, 0) is 42.2 Å². The first-order valence-electron chi connectivity index (χ1n) is 9.17. The summed E-state index contributed by atoms with van der Waals surface area (Å²) in [5.74, 6) is 1.96. The number of amides is 1. The largest absolute Gasteiger partial charge is 0.497 e. The first-order chi connectivity index (χ1) is 13.0. The molecule has 27 heavy (non-hydrogen) atoms. The number of methoxy groups -OCH3 is 1. The van der Waals surface area contributed by atoms with Crippen LogP contribution in [0.25, 0.3) is 11.2 Å². The van der Waals surface area contributed by atoms with Crippen molar-refractivity contribution in [1.82, 2.24) is 19.9 Å². The van der Waals surface area contributed by atoms with Crippen molar-refractivity contribution in [3.63, 3.8) is 0 Å². The van der Waals surface area contributed by atoms with Crippen LogP contribution in [0.5, 0.6) is 5.75 Å². The van der Waals surface area contributed by atoms with Gasteiger partial charge < -0.3 is 14.6 Å². The second-order valence-electron chi connectivity index (χ2n) is 7.15. The molecule has 0 aliphatic carbocycles. The molecule has 2 heterocycles. The van der Waals surface area contributed by atoms with Crippen LogP contribution < -0.4 is 10.1 Å². The lowest BCUT2D eigenvalue weighted by molar-refractivity contribution is -0.121.